The van der Waals surface area contributed by atoms with Gasteiger partial charge in [0.1, 0.15) is 35.7 Å². The molecule has 246 valence electrons. The molecule has 0 spiro atoms. The molecule has 0 aliphatic carbocycles. The number of hydrogen-bond acceptors (Lipinski definition) is 12. The number of fused-ring (bicyclic) bond motifs is 1. The lowest BCUT2D eigenvalue weighted by molar-refractivity contribution is -0.111. The van der Waals surface area contributed by atoms with Crippen LogP contribution in [-0.4, -0.2) is 82.3 Å². The van der Waals surface area contributed by atoms with Crippen molar-refractivity contribution in [3.8, 4) is 17.2 Å². The van der Waals surface area contributed by atoms with Gasteiger partial charge in [0.05, 0.1) is 36.8 Å². The summed E-state index contributed by atoms with van der Waals surface area (Å²) in [6.07, 6.45) is 6.82. The van der Waals surface area contributed by atoms with Crippen LogP contribution in [0.15, 0.2) is 86.1 Å². The number of amides is 1. The number of rotatable bonds is 10. The Kier molecular flexibility index (Phi) is 8.72. The molecule has 0 unspecified atom stereocenters. The van der Waals surface area contributed by atoms with Crippen molar-refractivity contribution in [2.24, 2.45) is 0 Å². The number of anilines is 5. The lowest BCUT2D eigenvalue weighted by atomic mass is 10.0. The molecule has 3 aromatic heterocycles. The number of carbonyl (C=O) groups excluding carboxylic acids is 1. The molecule has 2 aliphatic rings. The van der Waals surface area contributed by atoms with Gasteiger partial charge >= 0.3 is 0 Å². The number of pyridine rings is 1. The lowest BCUT2D eigenvalue weighted by Gasteiger charge is -2.35. The first kappa shape index (κ1) is 30.9. The first-order valence-electron chi connectivity index (χ1n) is 15.6. The van der Waals surface area contributed by atoms with E-state index in [1.54, 1.807) is 16.7 Å². The monoisotopic (exact) mass is 648 g/mol. The quantitative estimate of drug-likeness (QED) is 0.201. The number of ether oxygens (including phenoxy) is 2. The van der Waals surface area contributed by atoms with E-state index in [2.05, 4.69) is 54.1 Å². The van der Waals surface area contributed by atoms with Crippen molar-refractivity contribution in [2.75, 3.05) is 67.5 Å². The molecule has 2 fully saturated rings. The van der Waals surface area contributed by atoms with Crippen molar-refractivity contribution in [3.63, 3.8) is 0 Å². The summed E-state index contributed by atoms with van der Waals surface area (Å²) in [5.41, 5.74) is 3.88. The van der Waals surface area contributed by atoms with Crippen LogP contribution in [-0.2, 0) is 9.63 Å². The van der Waals surface area contributed by atoms with E-state index < -0.39 is 0 Å². The zero-order valence-corrected chi connectivity index (χ0v) is 26.7. The fraction of sp³-hybridized carbons (Fsp3) is 0.265. The van der Waals surface area contributed by atoms with E-state index in [9.17, 15) is 4.79 Å². The van der Waals surface area contributed by atoms with Gasteiger partial charge in [0.2, 0.25) is 5.91 Å². The Morgan fingerprint density at radius 2 is 1.85 bits per heavy atom. The van der Waals surface area contributed by atoms with Crippen LogP contribution < -0.4 is 30.1 Å². The number of methoxy groups -OCH3 is 1. The number of aromatic nitrogens is 5. The van der Waals surface area contributed by atoms with Crippen molar-refractivity contribution < 1.29 is 19.1 Å². The van der Waals surface area contributed by atoms with E-state index in [4.69, 9.17) is 14.3 Å². The van der Waals surface area contributed by atoms with Crippen LogP contribution >= 0.6 is 0 Å². The zero-order chi connectivity index (χ0) is 33.0. The van der Waals surface area contributed by atoms with Gasteiger partial charge in [0, 0.05) is 57.0 Å². The molecule has 0 saturated carbocycles. The predicted molar refractivity (Wildman–Crippen MR) is 182 cm³/mol. The van der Waals surface area contributed by atoms with E-state index in [-0.39, 0.29) is 11.9 Å². The highest BCUT2D eigenvalue weighted by molar-refractivity contribution is 6.02. The minimum atomic E-state index is -0.297. The Morgan fingerprint density at radius 1 is 1.00 bits per heavy atom. The normalized spacial score (nSPS) is 16.6. The van der Waals surface area contributed by atoms with Gasteiger partial charge < -0.3 is 29.9 Å². The van der Waals surface area contributed by atoms with Gasteiger partial charge in [-0.1, -0.05) is 18.7 Å². The third-order valence-corrected chi connectivity index (χ3v) is 8.38. The summed E-state index contributed by atoms with van der Waals surface area (Å²) in [6, 6.07) is 17.1. The van der Waals surface area contributed by atoms with E-state index in [1.807, 2.05) is 60.8 Å². The van der Waals surface area contributed by atoms with E-state index in [1.165, 1.54) is 18.7 Å². The summed E-state index contributed by atoms with van der Waals surface area (Å²) < 4.78 is 13.7. The molecular formula is C34H36N10O4. The first-order chi connectivity index (χ1) is 23.5. The molecule has 0 bridgehead atoms. The second kappa shape index (κ2) is 13.6. The average Bonchev–Trinajstić information content (AvgIpc) is 3.79. The molecule has 0 radical (unpaired) electrons. The Hall–Kier alpha value is -5.73. The van der Waals surface area contributed by atoms with Crippen molar-refractivity contribution >= 4 is 40.3 Å². The molecule has 5 aromatic rings. The standard InChI is InChI=1S/C34H36N10O4/c1-4-34(45)40-26-18-27(30(46-3)19-29(26)42-13-11-41(2)12-14-42)39-31-20-33(36-21-35-31)44-28(9-15-47-44)23-6-5-7-24(16-23)48-25-8-10-43-32(17-25)37-22-38-43/h4-8,10,16-22,28H,1,9,11-15H2,2-3H3,(H,40,45)(H,35,36,39)/t28-/m1/s1. The largest absolute Gasteiger partial charge is 0.494 e. The van der Waals surface area contributed by atoms with Gasteiger partial charge in [0.25, 0.3) is 0 Å². The van der Waals surface area contributed by atoms with Crippen molar-refractivity contribution in [1.29, 1.82) is 0 Å². The number of hydrogen-bond donors (Lipinski definition) is 2. The molecule has 2 aromatic carbocycles. The van der Waals surface area contributed by atoms with Gasteiger partial charge in [-0.2, -0.15) is 5.10 Å². The second-order valence-electron chi connectivity index (χ2n) is 11.5. The topological polar surface area (TPSA) is 135 Å². The molecule has 1 amide bonds. The van der Waals surface area contributed by atoms with Crippen LogP contribution in [0.25, 0.3) is 5.65 Å². The van der Waals surface area contributed by atoms with Crippen LogP contribution in [0.5, 0.6) is 17.2 Å². The molecular weight excluding hydrogens is 612 g/mol. The van der Waals surface area contributed by atoms with Crippen molar-refractivity contribution in [3.05, 3.63) is 91.7 Å². The number of carbonyl (C=O) groups is 1. The van der Waals surface area contributed by atoms with Crippen LogP contribution in [0.3, 0.4) is 0 Å². The van der Waals surface area contributed by atoms with E-state index in [0.29, 0.717) is 52.5 Å². The van der Waals surface area contributed by atoms with Crippen LogP contribution in [0.4, 0.5) is 28.7 Å². The highest BCUT2D eigenvalue weighted by Crippen LogP contribution is 2.40. The third kappa shape index (κ3) is 6.56. The molecule has 7 rings (SSSR count). The fourth-order valence-corrected chi connectivity index (χ4v) is 5.88. The number of benzene rings is 2. The molecule has 48 heavy (non-hydrogen) atoms. The van der Waals surface area contributed by atoms with Gasteiger partial charge in [-0.15, -0.1) is 0 Å². The van der Waals surface area contributed by atoms with Crippen LogP contribution in [0, 0.1) is 0 Å². The molecule has 2 N–H and O–H groups in total. The van der Waals surface area contributed by atoms with Crippen molar-refractivity contribution in [1.82, 2.24) is 29.5 Å². The molecule has 2 aliphatic heterocycles. The van der Waals surface area contributed by atoms with Crippen LogP contribution in [0.2, 0.25) is 0 Å². The van der Waals surface area contributed by atoms with Gasteiger partial charge in [0.15, 0.2) is 11.5 Å². The summed E-state index contributed by atoms with van der Waals surface area (Å²) >= 11 is 0. The van der Waals surface area contributed by atoms with E-state index in [0.717, 1.165) is 43.9 Å². The molecule has 14 nitrogen and oxygen atoms in total. The summed E-state index contributed by atoms with van der Waals surface area (Å²) in [5, 5.41) is 12.3. The number of likely N-dealkylation sites (N-methyl/N-ethyl adjacent to an activating group) is 1. The Morgan fingerprint density at radius 3 is 2.69 bits per heavy atom. The van der Waals surface area contributed by atoms with E-state index >= 15 is 0 Å². The maximum atomic E-state index is 12.4. The number of nitrogens with one attached hydrogen (secondary N) is 2. The summed E-state index contributed by atoms with van der Waals surface area (Å²) in [5.74, 6) is 2.79. The number of hydroxylamine groups is 1. The molecule has 1 atom stereocenters. The summed E-state index contributed by atoms with van der Waals surface area (Å²) in [6.45, 7) is 7.62. The Labute approximate surface area is 277 Å². The van der Waals surface area contributed by atoms with Gasteiger partial charge in [-0.3, -0.25) is 9.63 Å². The Balaban J connectivity index is 1.12. The smallest absolute Gasteiger partial charge is 0.247 e. The summed E-state index contributed by atoms with van der Waals surface area (Å²) in [4.78, 5) is 36.3. The first-order valence-corrected chi connectivity index (χ1v) is 15.6. The summed E-state index contributed by atoms with van der Waals surface area (Å²) in [7, 11) is 3.72. The minimum absolute atomic E-state index is 0.103. The second-order valence-corrected chi connectivity index (χ2v) is 11.5. The lowest BCUT2D eigenvalue weighted by Crippen LogP contribution is -2.44. The maximum absolute atomic E-state index is 12.4. The third-order valence-electron chi connectivity index (χ3n) is 8.38. The minimum Gasteiger partial charge on any atom is -0.494 e. The van der Waals surface area contributed by atoms with Crippen molar-refractivity contribution in [2.45, 2.75) is 12.5 Å². The van der Waals surface area contributed by atoms with Gasteiger partial charge in [-0.05, 0) is 43.0 Å². The number of nitrogens with zero attached hydrogens (tertiary/aromatic N) is 8. The fourth-order valence-electron chi connectivity index (χ4n) is 5.88. The predicted octanol–water partition coefficient (Wildman–Crippen LogP) is 4.82. The highest BCUT2D eigenvalue weighted by atomic mass is 16.7. The SMILES string of the molecule is C=CC(=O)Nc1cc(Nc2cc(N3OCC[C@@H]3c3cccc(Oc4ccn5ncnc5c4)c3)ncn2)c(OC)cc1N1CCN(C)CC1. The number of piperazine rings is 1. The Bertz CT molecular complexity index is 1940. The molecule has 2 saturated heterocycles. The van der Waals surface area contributed by atoms with Crippen LogP contribution in [0.1, 0.15) is 18.0 Å². The molecule has 14 heteroatoms. The zero-order valence-electron chi connectivity index (χ0n) is 26.7. The highest BCUT2D eigenvalue weighted by Gasteiger charge is 2.30. The molecule has 5 heterocycles. The van der Waals surface area contributed by atoms with Gasteiger partial charge in [-0.25, -0.2) is 24.5 Å². The average molecular weight is 649 g/mol. The maximum Gasteiger partial charge on any atom is 0.247 e.